The summed E-state index contributed by atoms with van der Waals surface area (Å²) in [7, 11) is -3.01. The maximum atomic E-state index is 14.0. The first-order valence-corrected chi connectivity index (χ1v) is 14.5. The highest BCUT2D eigenvalue weighted by Crippen LogP contribution is 2.29. The second-order valence-corrected chi connectivity index (χ2v) is 11.1. The molecule has 0 bridgehead atoms. The molecule has 218 valence electrons. The molecule has 11 nitrogen and oxygen atoms in total. The van der Waals surface area contributed by atoms with Gasteiger partial charge in [0.05, 0.1) is 22.6 Å². The van der Waals surface area contributed by atoms with Crippen LogP contribution in [0.3, 0.4) is 0 Å². The number of nitro groups is 1. The average Bonchev–Trinajstić information content (AvgIpc) is 2.96. The zero-order chi connectivity index (χ0) is 30.2. The molecule has 12 heteroatoms. The van der Waals surface area contributed by atoms with E-state index >= 15 is 0 Å². The number of methoxy groups -OCH3 is 1. The van der Waals surface area contributed by atoms with Crippen molar-refractivity contribution in [1.29, 1.82) is 0 Å². The number of nitro benzene ring substituents is 1. The first-order chi connectivity index (χ1) is 19.5. The number of amides is 2. The van der Waals surface area contributed by atoms with Crippen LogP contribution in [0.1, 0.15) is 31.4 Å². The van der Waals surface area contributed by atoms with Crippen molar-refractivity contribution in [2.45, 2.75) is 44.7 Å². The van der Waals surface area contributed by atoms with E-state index in [1.54, 1.807) is 26.0 Å². The summed E-state index contributed by atoms with van der Waals surface area (Å²) in [6.45, 7) is 4.83. The molecule has 3 rings (SSSR count). The van der Waals surface area contributed by atoms with Crippen molar-refractivity contribution in [1.82, 2.24) is 10.2 Å². The topological polar surface area (TPSA) is 139 Å². The number of ether oxygens (including phenoxy) is 1. The second kappa shape index (κ2) is 13.8. The molecular formula is C29H34N4O7S. The monoisotopic (exact) mass is 582 g/mol. The minimum Gasteiger partial charge on any atom is -0.497 e. The number of rotatable bonds is 13. The van der Waals surface area contributed by atoms with Crippen LogP contribution in [0.15, 0.2) is 77.7 Å². The number of anilines is 1. The van der Waals surface area contributed by atoms with Crippen molar-refractivity contribution in [3.63, 3.8) is 0 Å². The fourth-order valence-electron chi connectivity index (χ4n) is 4.34. The molecule has 0 saturated heterocycles. The predicted molar refractivity (Wildman–Crippen MR) is 155 cm³/mol. The smallest absolute Gasteiger partial charge is 0.273 e. The lowest BCUT2D eigenvalue weighted by Crippen LogP contribution is -2.52. The molecule has 0 aliphatic carbocycles. The number of sulfonamides is 1. The summed E-state index contributed by atoms with van der Waals surface area (Å²) >= 11 is 0. The van der Waals surface area contributed by atoms with Crippen molar-refractivity contribution in [2.75, 3.05) is 24.5 Å². The van der Waals surface area contributed by atoms with Crippen LogP contribution in [0.4, 0.5) is 11.4 Å². The molecule has 3 aromatic rings. The van der Waals surface area contributed by atoms with Gasteiger partial charge in [0.2, 0.25) is 11.8 Å². The van der Waals surface area contributed by atoms with Gasteiger partial charge in [0.1, 0.15) is 18.3 Å². The molecule has 0 spiro atoms. The van der Waals surface area contributed by atoms with Crippen molar-refractivity contribution < 1.29 is 27.7 Å². The van der Waals surface area contributed by atoms with Crippen LogP contribution in [-0.4, -0.2) is 56.3 Å². The Kier molecular flexibility index (Phi) is 10.4. The molecule has 0 aliphatic rings. The summed E-state index contributed by atoms with van der Waals surface area (Å²) in [5.74, 6) is -0.503. The van der Waals surface area contributed by atoms with Crippen LogP contribution in [0.5, 0.6) is 5.75 Å². The Morgan fingerprint density at radius 2 is 1.68 bits per heavy atom. The number of carbonyl (C=O) groups excluding carboxylic acids is 2. The molecule has 0 radical (unpaired) electrons. The molecule has 3 aromatic carbocycles. The Morgan fingerprint density at radius 3 is 2.24 bits per heavy atom. The highest BCUT2D eigenvalue weighted by Gasteiger charge is 2.34. The lowest BCUT2D eigenvalue weighted by atomic mass is 10.1. The van der Waals surface area contributed by atoms with Gasteiger partial charge in [0.15, 0.2) is 0 Å². The molecule has 0 saturated carbocycles. The normalized spacial score (nSPS) is 11.8. The van der Waals surface area contributed by atoms with Crippen LogP contribution in [0.25, 0.3) is 0 Å². The number of likely N-dealkylation sites (N-methyl/N-ethyl adjacent to an activating group) is 1. The maximum absolute atomic E-state index is 14.0. The fourth-order valence-corrected chi connectivity index (χ4v) is 5.78. The van der Waals surface area contributed by atoms with E-state index in [-0.39, 0.29) is 28.7 Å². The molecule has 1 unspecified atom stereocenters. The van der Waals surface area contributed by atoms with Crippen LogP contribution >= 0.6 is 0 Å². The van der Waals surface area contributed by atoms with E-state index < -0.39 is 33.4 Å². The Hall–Kier alpha value is -4.45. The van der Waals surface area contributed by atoms with Gasteiger partial charge < -0.3 is 15.0 Å². The third-order valence-corrected chi connectivity index (χ3v) is 8.31. The maximum Gasteiger partial charge on any atom is 0.273 e. The van der Waals surface area contributed by atoms with Crippen molar-refractivity contribution in [3.05, 3.63) is 94.0 Å². The molecule has 0 fully saturated rings. The van der Waals surface area contributed by atoms with E-state index in [2.05, 4.69) is 5.32 Å². The Bertz CT molecular complexity index is 1480. The molecule has 41 heavy (non-hydrogen) atoms. The highest BCUT2D eigenvalue weighted by atomic mass is 32.2. The van der Waals surface area contributed by atoms with Gasteiger partial charge in [0, 0.05) is 24.7 Å². The summed E-state index contributed by atoms with van der Waals surface area (Å²) in [4.78, 5) is 38.9. The number of carbonyl (C=O) groups is 2. The van der Waals surface area contributed by atoms with E-state index in [1.165, 1.54) is 43.2 Å². The standard InChI is InChI=1S/C29H34N4O7S/c1-5-26(29(35)30-6-2)31(19-22-10-8-7-9-11-22)28(34)20-32(23-13-15-24(40-4)16-14-23)41(38,39)25-17-12-21(3)27(18-25)33(36)37/h7-18,26H,5-6,19-20H2,1-4H3,(H,30,35). The Morgan fingerprint density at radius 1 is 1.02 bits per heavy atom. The summed E-state index contributed by atoms with van der Waals surface area (Å²) in [6.07, 6.45) is 0.295. The summed E-state index contributed by atoms with van der Waals surface area (Å²) in [5.41, 5.74) is 0.840. The third-order valence-electron chi connectivity index (χ3n) is 6.54. The van der Waals surface area contributed by atoms with E-state index in [4.69, 9.17) is 4.74 Å². The SMILES string of the molecule is CCNC(=O)C(CC)N(Cc1ccccc1)C(=O)CN(c1ccc(OC)cc1)S(=O)(=O)c1ccc(C)c([N+](=O)[O-])c1. The molecule has 1 N–H and O–H groups in total. The van der Waals surface area contributed by atoms with Gasteiger partial charge in [-0.3, -0.25) is 24.0 Å². The number of nitrogens with zero attached hydrogens (tertiary/aromatic N) is 3. The van der Waals surface area contributed by atoms with Gasteiger partial charge in [-0.15, -0.1) is 0 Å². The number of benzene rings is 3. The average molecular weight is 583 g/mol. The predicted octanol–water partition coefficient (Wildman–Crippen LogP) is 4.05. The van der Waals surface area contributed by atoms with Gasteiger partial charge >= 0.3 is 0 Å². The first-order valence-electron chi connectivity index (χ1n) is 13.1. The zero-order valence-corrected chi connectivity index (χ0v) is 24.3. The number of hydrogen-bond donors (Lipinski definition) is 1. The highest BCUT2D eigenvalue weighted by molar-refractivity contribution is 7.92. The van der Waals surface area contributed by atoms with Crippen molar-refractivity contribution >= 4 is 33.2 Å². The van der Waals surface area contributed by atoms with E-state index in [0.29, 0.717) is 24.3 Å². The van der Waals surface area contributed by atoms with Crippen LogP contribution in [0.2, 0.25) is 0 Å². The number of hydrogen-bond acceptors (Lipinski definition) is 7. The van der Waals surface area contributed by atoms with Gasteiger partial charge in [0.25, 0.3) is 15.7 Å². The van der Waals surface area contributed by atoms with E-state index in [1.807, 2.05) is 30.3 Å². The molecule has 1 atom stereocenters. The number of aryl methyl sites for hydroxylation is 1. The van der Waals surface area contributed by atoms with Crippen molar-refractivity contribution in [2.24, 2.45) is 0 Å². The molecule has 0 aliphatic heterocycles. The van der Waals surface area contributed by atoms with E-state index in [9.17, 15) is 28.1 Å². The van der Waals surface area contributed by atoms with Crippen LogP contribution < -0.4 is 14.4 Å². The largest absolute Gasteiger partial charge is 0.497 e. The summed E-state index contributed by atoms with van der Waals surface area (Å²) in [6, 6.07) is 17.9. The molecule has 0 heterocycles. The lowest BCUT2D eigenvalue weighted by Gasteiger charge is -2.33. The molecule has 0 aromatic heterocycles. The number of nitrogens with one attached hydrogen (secondary N) is 1. The molecular weight excluding hydrogens is 548 g/mol. The van der Waals surface area contributed by atoms with Gasteiger partial charge in [-0.25, -0.2) is 8.42 Å². The van der Waals surface area contributed by atoms with Crippen LogP contribution in [0, 0.1) is 17.0 Å². The minimum atomic E-state index is -4.47. The summed E-state index contributed by atoms with van der Waals surface area (Å²) in [5, 5.41) is 14.3. The fraction of sp³-hybridized carbons (Fsp3) is 0.310. The second-order valence-electron chi connectivity index (χ2n) is 9.24. The molecule has 2 amide bonds. The first kappa shape index (κ1) is 31.1. The summed E-state index contributed by atoms with van der Waals surface area (Å²) < 4.78 is 34.1. The zero-order valence-electron chi connectivity index (χ0n) is 23.4. The quantitative estimate of drug-likeness (QED) is 0.237. The van der Waals surface area contributed by atoms with Gasteiger partial charge in [-0.05, 0) is 56.2 Å². The van der Waals surface area contributed by atoms with E-state index in [0.717, 1.165) is 15.9 Å². The third kappa shape index (κ3) is 7.40. The lowest BCUT2D eigenvalue weighted by molar-refractivity contribution is -0.385. The minimum absolute atomic E-state index is 0.0712. The Balaban J connectivity index is 2.11. The van der Waals surface area contributed by atoms with Crippen molar-refractivity contribution in [3.8, 4) is 5.75 Å². The van der Waals surface area contributed by atoms with Gasteiger partial charge in [-0.2, -0.15) is 0 Å². The Labute approximate surface area is 239 Å². The van der Waals surface area contributed by atoms with Gasteiger partial charge in [-0.1, -0.05) is 43.3 Å². The van der Waals surface area contributed by atoms with Crippen LogP contribution in [-0.2, 0) is 26.2 Å².